The second kappa shape index (κ2) is 7.06. The first-order valence-electron chi connectivity index (χ1n) is 7.14. The van der Waals surface area contributed by atoms with Gasteiger partial charge in [0.2, 0.25) is 5.88 Å². The molecule has 2 heterocycles. The minimum atomic E-state index is -0.820. The zero-order valence-electron chi connectivity index (χ0n) is 12.1. The summed E-state index contributed by atoms with van der Waals surface area (Å²) in [6, 6.07) is 3.35. The standard InChI is InChI=1S/C15H20N2O4/c1-21-13-7-5-11(10-16-13)15(20)17-9-3-2-4-12(17)6-8-14(18)19/h5,7,10,12H,2-4,6,8-9H2,1H3,(H,18,19). The molecule has 0 aromatic carbocycles. The largest absolute Gasteiger partial charge is 0.481 e. The van der Waals surface area contributed by atoms with Crippen molar-refractivity contribution in [1.82, 2.24) is 9.88 Å². The van der Waals surface area contributed by atoms with Gasteiger partial charge in [-0.1, -0.05) is 0 Å². The van der Waals surface area contributed by atoms with Crippen molar-refractivity contribution in [2.24, 2.45) is 0 Å². The van der Waals surface area contributed by atoms with E-state index in [0.29, 0.717) is 24.4 Å². The normalized spacial score (nSPS) is 18.3. The Bertz CT molecular complexity index is 501. The number of hydrogen-bond donors (Lipinski definition) is 1. The third-order valence-corrected chi connectivity index (χ3v) is 3.77. The molecule has 1 N–H and O–H groups in total. The summed E-state index contributed by atoms with van der Waals surface area (Å²) in [5, 5.41) is 8.82. The minimum absolute atomic E-state index is 0.00412. The van der Waals surface area contributed by atoms with Crippen LogP contribution < -0.4 is 4.74 Å². The van der Waals surface area contributed by atoms with Gasteiger partial charge in [-0.05, 0) is 31.7 Å². The fourth-order valence-corrected chi connectivity index (χ4v) is 2.65. The molecule has 1 saturated heterocycles. The van der Waals surface area contributed by atoms with Gasteiger partial charge in [-0.2, -0.15) is 0 Å². The van der Waals surface area contributed by atoms with E-state index in [1.807, 2.05) is 0 Å². The summed E-state index contributed by atoms with van der Waals surface area (Å²) in [6.07, 6.45) is 4.96. The molecule has 1 aliphatic rings. The fraction of sp³-hybridized carbons (Fsp3) is 0.533. The van der Waals surface area contributed by atoms with Crippen molar-refractivity contribution in [3.05, 3.63) is 23.9 Å². The number of pyridine rings is 1. The maximum Gasteiger partial charge on any atom is 0.303 e. The highest BCUT2D eigenvalue weighted by atomic mass is 16.5. The van der Waals surface area contributed by atoms with Gasteiger partial charge in [0.05, 0.1) is 12.7 Å². The molecule has 6 nitrogen and oxygen atoms in total. The molecule has 0 spiro atoms. The Kier molecular flexibility index (Phi) is 5.14. The number of hydrogen-bond acceptors (Lipinski definition) is 4. The molecule has 1 aromatic rings. The second-order valence-corrected chi connectivity index (χ2v) is 5.17. The Labute approximate surface area is 123 Å². The Balaban J connectivity index is 2.08. The molecule has 21 heavy (non-hydrogen) atoms. The Hall–Kier alpha value is -2.11. The van der Waals surface area contributed by atoms with Gasteiger partial charge < -0.3 is 14.7 Å². The van der Waals surface area contributed by atoms with E-state index in [1.54, 1.807) is 17.0 Å². The van der Waals surface area contributed by atoms with E-state index in [2.05, 4.69) is 4.98 Å². The van der Waals surface area contributed by atoms with Gasteiger partial charge in [0, 0.05) is 31.3 Å². The van der Waals surface area contributed by atoms with E-state index in [1.165, 1.54) is 13.3 Å². The summed E-state index contributed by atoms with van der Waals surface area (Å²) in [5.74, 6) is -0.438. The number of piperidine rings is 1. The molecule has 0 bridgehead atoms. The molecule has 114 valence electrons. The van der Waals surface area contributed by atoms with Crippen LogP contribution in [0.2, 0.25) is 0 Å². The van der Waals surface area contributed by atoms with E-state index in [4.69, 9.17) is 9.84 Å². The highest BCUT2D eigenvalue weighted by Gasteiger charge is 2.27. The van der Waals surface area contributed by atoms with Gasteiger partial charge in [-0.3, -0.25) is 9.59 Å². The molecular formula is C15H20N2O4. The first-order chi connectivity index (χ1) is 10.1. The van der Waals surface area contributed by atoms with Crippen LogP contribution in [0.15, 0.2) is 18.3 Å². The molecule has 0 aliphatic carbocycles. The average Bonchev–Trinajstić information content (AvgIpc) is 2.52. The molecule has 0 saturated carbocycles. The van der Waals surface area contributed by atoms with Crippen LogP contribution in [0.1, 0.15) is 42.5 Å². The summed E-state index contributed by atoms with van der Waals surface area (Å²) in [7, 11) is 1.52. The third kappa shape index (κ3) is 3.93. The number of aliphatic carboxylic acids is 1. The predicted molar refractivity (Wildman–Crippen MR) is 76.3 cm³/mol. The molecule has 1 fully saturated rings. The molecule has 2 rings (SSSR count). The molecule has 6 heteroatoms. The van der Waals surface area contributed by atoms with Crippen molar-refractivity contribution >= 4 is 11.9 Å². The third-order valence-electron chi connectivity index (χ3n) is 3.77. The summed E-state index contributed by atoms with van der Waals surface area (Å²) in [5.41, 5.74) is 0.512. The first-order valence-corrected chi connectivity index (χ1v) is 7.14. The van der Waals surface area contributed by atoms with Crippen molar-refractivity contribution in [2.75, 3.05) is 13.7 Å². The average molecular weight is 292 g/mol. The molecule has 1 unspecified atom stereocenters. The number of aromatic nitrogens is 1. The monoisotopic (exact) mass is 292 g/mol. The van der Waals surface area contributed by atoms with E-state index < -0.39 is 5.97 Å². The Morgan fingerprint density at radius 2 is 2.24 bits per heavy atom. The number of ether oxygens (including phenoxy) is 1. The molecule has 0 radical (unpaired) electrons. The van der Waals surface area contributed by atoms with Crippen LogP contribution in [-0.2, 0) is 4.79 Å². The zero-order chi connectivity index (χ0) is 15.2. The number of carboxylic acid groups (broad SMARTS) is 1. The lowest BCUT2D eigenvalue weighted by Gasteiger charge is -2.35. The lowest BCUT2D eigenvalue weighted by Crippen LogP contribution is -2.44. The molecule has 1 atom stereocenters. The van der Waals surface area contributed by atoms with Crippen LogP contribution in [0.5, 0.6) is 5.88 Å². The zero-order valence-corrected chi connectivity index (χ0v) is 12.1. The van der Waals surface area contributed by atoms with Gasteiger partial charge in [0.1, 0.15) is 0 Å². The number of nitrogens with zero attached hydrogens (tertiary/aromatic N) is 2. The topological polar surface area (TPSA) is 79.7 Å². The van der Waals surface area contributed by atoms with Crippen LogP contribution in [0, 0.1) is 0 Å². The summed E-state index contributed by atoms with van der Waals surface area (Å²) in [6.45, 7) is 0.676. The lowest BCUT2D eigenvalue weighted by atomic mass is 9.97. The Morgan fingerprint density at radius 3 is 2.86 bits per heavy atom. The maximum atomic E-state index is 12.6. The van der Waals surface area contributed by atoms with Crippen molar-refractivity contribution in [1.29, 1.82) is 0 Å². The number of carboxylic acids is 1. The number of methoxy groups -OCH3 is 1. The summed E-state index contributed by atoms with van der Waals surface area (Å²) >= 11 is 0. The molecule has 1 aliphatic heterocycles. The van der Waals surface area contributed by atoms with E-state index in [0.717, 1.165) is 19.3 Å². The van der Waals surface area contributed by atoms with Crippen LogP contribution in [-0.4, -0.2) is 46.6 Å². The number of likely N-dealkylation sites (tertiary alicyclic amines) is 1. The summed E-state index contributed by atoms with van der Waals surface area (Å²) < 4.78 is 4.98. The molecule has 1 aromatic heterocycles. The van der Waals surface area contributed by atoms with E-state index in [-0.39, 0.29) is 18.4 Å². The van der Waals surface area contributed by atoms with Gasteiger partial charge >= 0.3 is 5.97 Å². The van der Waals surface area contributed by atoms with Gasteiger partial charge in [-0.15, -0.1) is 0 Å². The Morgan fingerprint density at radius 1 is 1.43 bits per heavy atom. The fourth-order valence-electron chi connectivity index (χ4n) is 2.65. The van der Waals surface area contributed by atoms with Crippen molar-refractivity contribution < 1.29 is 19.4 Å². The van der Waals surface area contributed by atoms with Gasteiger partial charge in [0.15, 0.2) is 0 Å². The van der Waals surface area contributed by atoms with Gasteiger partial charge in [0.25, 0.3) is 5.91 Å². The lowest BCUT2D eigenvalue weighted by molar-refractivity contribution is -0.137. The number of carbonyl (C=O) groups excluding carboxylic acids is 1. The summed E-state index contributed by atoms with van der Waals surface area (Å²) in [4.78, 5) is 29.1. The second-order valence-electron chi connectivity index (χ2n) is 5.17. The highest BCUT2D eigenvalue weighted by molar-refractivity contribution is 5.94. The number of rotatable bonds is 5. The number of amides is 1. The van der Waals surface area contributed by atoms with Crippen molar-refractivity contribution in [3.63, 3.8) is 0 Å². The first kappa shape index (κ1) is 15.3. The predicted octanol–water partition coefficient (Wildman–Crippen LogP) is 1.95. The van der Waals surface area contributed by atoms with Crippen LogP contribution in [0.3, 0.4) is 0 Å². The van der Waals surface area contributed by atoms with Crippen molar-refractivity contribution in [3.8, 4) is 5.88 Å². The van der Waals surface area contributed by atoms with Crippen LogP contribution in [0.25, 0.3) is 0 Å². The molecular weight excluding hydrogens is 272 g/mol. The number of carbonyl (C=O) groups is 2. The van der Waals surface area contributed by atoms with E-state index in [9.17, 15) is 9.59 Å². The SMILES string of the molecule is COc1ccc(C(=O)N2CCCCC2CCC(=O)O)cn1. The van der Waals surface area contributed by atoms with Crippen LogP contribution >= 0.6 is 0 Å². The molecule has 1 amide bonds. The minimum Gasteiger partial charge on any atom is -0.481 e. The van der Waals surface area contributed by atoms with Crippen LogP contribution in [0.4, 0.5) is 0 Å². The van der Waals surface area contributed by atoms with Gasteiger partial charge in [-0.25, -0.2) is 4.98 Å². The quantitative estimate of drug-likeness (QED) is 0.897. The smallest absolute Gasteiger partial charge is 0.303 e. The van der Waals surface area contributed by atoms with E-state index >= 15 is 0 Å². The maximum absolute atomic E-state index is 12.6. The van der Waals surface area contributed by atoms with Crippen molar-refractivity contribution in [2.45, 2.75) is 38.1 Å². The highest BCUT2D eigenvalue weighted by Crippen LogP contribution is 2.23.